The van der Waals surface area contributed by atoms with Gasteiger partial charge in [0.15, 0.2) is 0 Å². The van der Waals surface area contributed by atoms with E-state index in [1.54, 1.807) is 0 Å². The van der Waals surface area contributed by atoms with E-state index < -0.39 is 11.9 Å². The Labute approximate surface area is 265 Å². The number of aliphatic carboxylic acids is 2. The number of rotatable bonds is 20. The zero-order valence-corrected chi connectivity index (χ0v) is 27.5. The van der Waals surface area contributed by atoms with Gasteiger partial charge in [0.1, 0.15) is 5.69 Å². The van der Waals surface area contributed by atoms with Crippen molar-refractivity contribution in [2.24, 2.45) is 0 Å². The van der Waals surface area contributed by atoms with Crippen molar-refractivity contribution in [3.63, 3.8) is 0 Å². The molecule has 6 heteroatoms. The van der Waals surface area contributed by atoms with Gasteiger partial charge in [0, 0.05) is 47.2 Å². The van der Waals surface area contributed by atoms with E-state index in [0.717, 1.165) is 77.3 Å². The van der Waals surface area contributed by atoms with E-state index >= 15 is 0 Å². The van der Waals surface area contributed by atoms with Gasteiger partial charge in [-0.2, -0.15) is 0 Å². The molecular weight excluding hydrogens is 548 g/mol. The van der Waals surface area contributed by atoms with Crippen LogP contribution < -0.4 is 10.2 Å². The molecule has 6 nitrogen and oxygen atoms in total. The first-order chi connectivity index (χ1) is 21.2. The third kappa shape index (κ3) is 9.31. The standard InChI is InChI=1S/C38H54N2O4/c1-5-39-32-22-14-12-20-30(32)37(3,27-17-8-7-10-25-35(41)42)28-19-16-24-34-38(4,29-18-9-11-26-36(43)44)31-21-13-15-23-33(31)40(34)6-2/h12-16,19-24,39H,5-11,17-18,25-29H2,1-4H3,(H,41,42)(H,43,44)/p+1/b19-16+,34-24+. The molecule has 2 unspecified atom stereocenters. The first kappa shape index (κ1) is 35.1. The van der Waals surface area contributed by atoms with Crippen LogP contribution in [0.25, 0.3) is 0 Å². The lowest BCUT2D eigenvalue weighted by atomic mass is 9.74. The van der Waals surface area contributed by atoms with Gasteiger partial charge in [0.2, 0.25) is 0 Å². The van der Waals surface area contributed by atoms with Gasteiger partial charge in [0.05, 0.1) is 6.54 Å². The SMILES string of the molecule is CC[NH2+]c1ccccc1C(C)(C/C=C/C=C1/N(CC)c2ccccc2C1(C)CCCCCC(=O)O)CCCCCCC(=O)O. The Morgan fingerprint density at radius 2 is 1.52 bits per heavy atom. The molecule has 0 aliphatic carbocycles. The number of carboxylic acid groups (broad SMARTS) is 2. The van der Waals surface area contributed by atoms with Crippen molar-refractivity contribution in [1.29, 1.82) is 0 Å². The lowest BCUT2D eigenvalue weighted by Crippen LogP contribution is -2.77. The number of benzene rings is 2. The Morgan fingerprint density at radius 3 is 2.20 bits per heavy atom. The Hall–Kier alpha value is -3.38. The van der Waals surface area contributed by atoms with Crippen LogP contribution in [0.4, 0.5) is 11.4 Å². The number of quaternary nitrogens is 1. The summed E-state index contributed by atoms with van der Waals surface area (Å²) >= 11 is 0. The fourth-order valence-electron chi connectivity index (χ4n) is 6.97. The topological polar surface area (TPSA) is 94.5 Å². The summed E-state index contributed by atoms with van der Waals surface area (Å²) in [7, 11) is 0. The second kappa shape index (κ2) is 17.2. The van der Waals surface area contributed by atoms with Gasteiger partial charge in [-0.15, -0.1) is 0 Å². The lowest BCUT2D eigenvalue weighted by molar-refractivity contribution is -0.568. The normalized spacial score (nSPS) is 18.5. The maximum absolute atomic E-state index is 11.0. The van der Waals surface area contributed by atoms with Gasteiger partial charge in [-0.3, -0.25) is 9.59 Å². The second-order valence-electron chi connectivity index (χ2n) is 12.8. The summed E-state index contributed by atoms with van der Waals surface area (Å²) in [6.07, 6.45) is 16.8. The first-order valence-corrected chi connectivity index (χ1v) is 16.8. The third-order valence-corrected chi connectivity index (χ3v) is 9.39. The molecule has 3 rings (SSSR count). The lowest BCUT2D eigenvalue weighted by Gasteiger charge is -2.31. The van der Waals surface area contributed by atoms with E-state index in [1.165, 1.54) is 28.2 Å². The summed E-state index contributed by atoms with van der Waals surface area (Å²) in [4.78, 5) is 24.4. The number of para-hydroxylation sites is 2. The van der Waals surface area contributed by atoms with Crippen molar-refractivity contribution in [2.75, 3.05) is 18.0 Å². The van der Waals surface area contributed by atoms with Crippen LogP contribution >= 0.6 is 0 Å². The molecule has 0 saturated carbocycles. The Bertz CT molecular complexity index is 1290. The second-order valence-corrected chi connectivity index (χ2v) is 12.8. The van der Waals surface area contributed by atoms with Crippen molar-refractivity contribution < 1.29 is 25.1 Å². The molecule has 2 atom stereocenters. The van der Waals surface area contributed by atoms with Crippen LogP contribution in [0.3, 0.4) is 0 Å². The van der Waals surface area contributed by atoms with Crippen molar-refractivity contribution >= 4 is 23.3 Å². The monoisotopic (exact) mass is 603 g/mol. The minimum absolute atomic E-state index is 0.0272. The number of allylic oxidation sites excluding steroid dienone is 4. The molecule has 1 aliphatic rings. The molecule has 0 fully saturated rings. The fraction of sp³-hybridized carbons (Fsp3) is 0.526. The number of nitrogens with two attached hydrogens (primary N) is 1. The number of likely N-dealkylation sites (N-methyl/N-ethyl adjacent to an activating group) is 1. The predicted octanol–water partition coefficient (Wildman–Crippen LogP) is 8.25. The highest BCUT2D eigenvalue weighted by Crippen LogP contribution is 2.50. The number of nitrogens with zero attached hydrogens (tertiary/aromatic N) is 1. The molecule has 2 aromatic carbocycles. The highest BCUT2D eigenvalue weighted by molar-refractivity contribution is 5.71. The van der Waals surface area contributed by atoms with E-state index in [9.17, 15) is 9.59 Å². The van der Waals surface area contributed by atoms with Gasteiger partial charge in [0.25, 0.3) is 0 Å². The average Bonchev–Trinajstić information content (AvgIpc) is 3.24. The minimum atomic E-state index is -0.717. The number of carbonyl (C=O) groups is 2. The molecule has 240 valence electrons. The molecule has 1 heterocycles. The van der Waals surface area contributed by atoms with Crippen LogP contribution in [-0.2, 0) is 20.4 Å². The van der Waals surface area contributed by atoms with Crippen LogP contribution in [0.2, 0.25) is 0 Å². The average molecular weight is 604 g/mol. The Kier molecular flexibility index (Phi) is 13.7. The minimum Gasteiger partial charge on any atom is -0.481 e. The Morgan fingerprint density at radius 1 is 0.886 bits per heavy atom. The largest absolute Gasteiger partial charge is 0.481 e. The number of carboxylic acids is 2. The van der Waals surface area contributed by atoms with Gasteiger partial charge < -0.3 is 20.4 Å². The molecule has 0 amide bonds. The van der Waals surface area contributed by atoms with E-state index in [-0.39, 0.29) is 23.7 Å². The van der Waals surface area contributed by atoms with E-state index in [4.69, 9.17) is 10.2 Å². The highest BCUT2D eigenvalue weighted by atomic mass is 16.4. The fourth-order valence-corrected chi connectivity index (χ4v) is 6.97. The van der Waals surface area contributed by atoms with Crippen LogP contribution in [-0.4, -0.2) is 35.2 Å². The van der Waals surface area contributed by atoms with Crippen LogP contribution in [0, 0.1) is 0 Å². The van der Waals surface area contributed by atoms with Crippen LogP contribution in [0.15, 0.2) is 72.5 Å². The summed E-state index contributed by atoms with van der Waals surface area (Å²) in [5.41, 5.74) is 6.50. The van der Waals surface area contributed by atoms with Crippen LogP contribution in [0.1, 0.15) is 116 Å². The number of hydrogen-bond donors (Lipinski definition) is 3. The summed E-state index contributed by atoms with van der Waals surface area (Å²) in [6, 6.07) is 17.5. The predicted molar refractivity (Wildman–Crippen MR) is 181 cm³/mol. The quantitative estimate of drug-likeness (QED) is 0.105. The third-order valence-electron chi connectivity index (χ3n) is 9.39. The summed E-state index contributed by atoms with van der Waals surface area (Å²) < 4.78 is 0. The number of anilines is 1. The molecule has 0 radical (unpaired) electrons. The van der Waals surface area contributed by atoms with Crippen molar-refractivity contribution in [2.45, 2.75) is 116 Å². The molecule has 0 spiro atoms. The van der Waals surface area contributed by atoms with Crippen molar-refractivity contribution in [1.82, 2.24) is 0 Å². The molecular formula is C38H55N2O4+. The van der Waals surface area contributed by atoms with E-state index in [0.29, 0.717) is 0 Å². The Balaban J connectivity index is 1.83. The molecule has 1 aliphatic heterocycles. The van der Waals surface area contributed by atoms with Crippen molar-refractivity contribution in [3.8, 4) is 0 Å². The molecule has 0 bridgehead atoms. The smallest absolute Gasteiger partial charge is 0.303 e. The molecule has 4 N–H and O–H groups in total. The van der Waals surface area contributed by atoms with Crippen molar-refractivity contribution in [3.05, 3.63) is 83.6 Å². The summed E-state index contributed by atoms with van der Waals surface area (Å²) in [5, 5.41) is 20.4. The molecule has 0 aromatic heterocycles. The highest BCUT2D eigenvalue weighted by Gasteiger charge is 2.42. The van der Waals surface area contributed by atoms with Gasteiger partial charge in [-0.05, 0) is 76.6 Å². The van der Waals surface area contributed by atoms with Gasteiger partial charge in [-0.25, -0.2) is 0 Å². The number of hydrogen-bond acceptors (Lipinski definition) is 3. The molecule has 0 saturated heterocycles. The van der Waals surface area contributed by atoms with Gasteiger partial charge in [-0.1, -0.05) is 87.6 Å². The van der Waals surface area contributed by atoms with Gasteiger partial charge >= 0.3 is 11.9 Å². The van der Waals surface area contributed by atoms with E-state index in [1.807, 2.05) is 0 Å². The number of fused-ring (bicyclic) bond motifs is 1. The molecule has 2 aromatic rings. The van der Waals surface area contributed by atoms with Crippen LogP contribution in [0.5, 0.6) is 0 Å². The molecule has 44 heavy (non-hydrogen) atoms. The maximum atomic E-state index is 11.0. The summed E-state index contributed by atoms with van der Waals surface area (Å²) in [5.74, 6) is -1.43. The first-order valence-electron chi connectivity index (χ1n) is 16.8. The van der Waals surface area contributed by atoms with E-state index in [2.05, 4.69) is 105 Å². The summed E-state index contributed by atoms with van der Waals surface area (Å²) in [6.45, 7) is 11.0. The zero-order valence-electron chi connectivity index (χ0n) is 27.5. The maximum Gasteiger partial charge on any atom is 0.303 e. The number of unbranched alkanes of at least 4 members (excludes halogenated alkanes) is 5. The zero-order chi connectivity index (χ0) is 32.0.